The lowest BCUT2D eigenvalue weighted by Crippen LogP contribution is -2.36. The van der Waals surface area contributed by atoms with Gasteiger partial charge in [-0.25, -0.2) is 0 Å². The molecule has 2 atom stereocenters. The Balaban J connectivity index is 4.26. The molecule has 0 radical (unpaired) electrons. The van der Waals surface area contributed by atoms with Gasteiger partial charge in [0.2, 0.25) is 0 Å². The van der Waals surface area contributed by atoms with Gasteiger partial charge in [-0.05, 0) is 13.3 Å². The molecule has 0 aliphatic carbocycles. The Bertz CT molecular complexity index is 199. The molecule has 0 aromatic rings. The maximum atomic E-state index is 11.0. The molecule has 2 unspecified atom stereocenters. The number of nitrogens with one attached hydrogen (secondary N) is 2. The molecule has 3 N–H and O–H groups in total. The summed E-state index contributed by atoms with van der Waals surface area (Å²) in [6, 6.07) is -0.208. The number of carboxylic acids is 1. The molecule has 0 bridgehead atoms. The minimum Gasteiger partial charge on any atom is -0.481 e. The highest BCUT2D eigenvalue weighted by molar-refractivity contribution is 7.78. The lowest BCUT2D eigenvalue weighted by atomic mass is 9.97. The average molecular weight is 238 g/mol. The molecule has 0 aliphatic heterocycles. The predicted octanol–water partition coefficient (Wildman–Crippen LogP) is -0.0963. The Kier molecular flexibility index (Phi) is 6.98. The first kappa shape index (κ1) is 13.8. The van der Waals surface area contributed by atoms with Gasteiger partial charge >= 0.3 is 5.97 Å². The molecule has 14 heavy (non-hydrogen) atoms. The van der Waals surface area contributed by atoms with E-state index in [0.717, 1.165) is 0 Å². The van der Waals surface area contributed by atoms with Crippen molar-refractivity contribution in [2.24, 2.45) is 5.92 Å². The Morgan fingerprint density at radius 3 is 2.29 bits per heavy atom. The van der Waals surface area contributed by atoms with Crippen molar-refractivity contribution in [3.63, 3.8) is 0 Å². The van der Waals surface area contributed by atoms with Gasteiger partial charge in [-0.15, -0.1) is 0 Å². The Morgan fingerprint density at radius 2 is 2.00 bits per heavy atom. The van der Waals surface area contributed by atoms with Crippen molar-refractivity contribution < 1.29 is 14.7 Å². The van der Waals surface area contributed by atoms with Crippen molar-refractivity contribution in [2.45, 2.75) is 19.4 Å². The minimum absolute atomic E-state index is 0.196. The fourth-order valence-corrected chi connectivity index (χ4v) is 1.43. The number of carbonyl (C=O) groups is 2. The smallest absolute Gasteiger partial charge is 0.314 e. The van der Waals surface area contributed by atoms with E-state index in [4.69, 9.17) is 5.11 Å². The van der Waals surface area contributed by atoms with Gasteiger partial charge in [0, 0.05) is 12.6 Å². The Hall–Kier alpha value is -0.240. The second kappa shape index (κ2) is 7.10. The van der Waals surface area contributed by atoms with Crippen molar-refractivity contribution in [1.29, 1.82) is 0 Å². The van der Waals surface area contributed by atoms with Crippen LogP contribution in [0.2, 0.25) is 0 Å². The number of ketones is 1. The van der Waals surface area contributed by atoms with E-state index in [1.54, 1.807) is 0 Å². The largest absolute Gasteiger partial charge is 0.481 e. The quantitative estimate of drug-likeness (QED) is 0.316. The highest BCUT2D eigenvalue weighted by Gasteiger charge is 2.25. The normalized spacial score (nSPS) is 14.8. The van der Waals surface area contributed by atoms with Gasteiger partial charge in [0.1, 0.15) is 11.7 Å². The molecule has 0 aromatic heterocycles. The number of Topliss-reactive ketones (excluding diaryl/α,β-unsaturated/α-hetero) is 1. The van der Waals surface area contributed by atoms with Gasteiger partial charge in [-0.3, -0.25) is 19.0 Å². The van der Waals surface area contributed by atoms with Crippen LogP contribution in [0.3, 0.4) is 0 Å². The van der Waals surface area contributed by atoms with E-state index >= 15 is 0 Å². The van der Waals surface area contributed by atoms with Gasteiger partial charge in [0.15, 0.2) is 0 Å². The lowest BCUT2D eigenvalue weighted by Gasteiger charge is -2.17. The fourth-order valence-electron chi connectivity index (χ4n) is 1.02. The zero-order valence-electron chi connectivity index (χ0n) is 7.73. The van der Waals surface area contributed by atoms with Gasteiger partial charge in [-0.1, -0.05) is 25.6 Å². The zero-order valence-corrected chi connectivity index (χ0v) is 9.52. The van der Waals surface area contributed by atoms with Gasteiger partial charge in [0.05, 0.1) is 0 Å². The number of hydrogen-bond donors (Lipinski definition) is 5. The molecule has 0 amide bonds. The Morgan fingerprint density at radius 1 is 1.43 bits per heavy atom. The van der Waals surface area contributed by atoms with Gasteiger partial charge in [0.25, 0.3) is 0 Å². The van der Waals surface area contributed by atoms with E-state index in [2.05, 4.69) is 35.1 Å². The molecular formula is C7H14N2O3S2. The van der Waals surface area contributed by atoms with Crippen LogP contribution in [-0.2, 0) is 9.59 Å². The number of hydrogen-bond acceptors (Lipinski definition) is 6. The zero-order chi connectivity index (χ0) is 11.1. The summed E-state index contributed by atoms with van der Waals surface area (Å²) < 4.78 is 5.19. The monoisotopic (exact) mass is 238 g/mol. The van der Waals surface area contributed by atoms with Crippen LogP contribution < -0.4 is 9.44 Å². The Labute approximate surface area is 93.7 Å². The number of rotatable bonds is 7. The summed E-state index contributed by atoms with van der Waals surface area (Å²) in [5.41, 5.74) is 0. The summed E-state index contributed by atoms with van der Waals surface area (Å²) in [4.78, 5) is 21.7. The number of carbonyl (C=O) groups excluding carboxylic acids is 1. The third-order valence-electron chi connectivity index (χ3n) is 1.83. The molecule has 7 heteroatoms. The van der Waals surface area contributed by atoms with Gasteiger partial charge < -0.3 is 5.11 Å². The summed E-state index contributed by atoms with van der Waals surface area (Å²) in [6.45, 7) is 1.70. The fraction of sp³-hybridized carbons (Fsp3) is 0.714. The molecule has 0 saturated heterocycles. The van der Waals surface area contributed by atoms with Crippen LogP contribution in [0.25, 0.3) is 0 Å². The first-order chi connectivity index (χ1) is 6.52. The van der Waals surface area contributed by atoms with Crippen molar-refractivity contribution in [3.8, 4) is 0 Å². The number of thiol groups is 2. The maximum Gasteiger partial charge on any atom is 0.314 e. The van der Waals surface area contributed by atoms with Crippen LogP contribution in [-0.4, -0.2) is 29.4 Å². The second-order valence-corrected chi connectivity index (χ2v) is 3.50. The summed E-state index contributed by atoms with van der Waals surface area (Å²) in [5, 5.41) is 8.74. The highest BCUT2D eigenvalue weighted by atomic mass is 32.1. The average Bonchev–Trinajstić information content (AvgIpc) is 2.10. The van der Waals surface area contributed by atoms with Crippen LogP contribution in [0.5, 0.6) is 0 Å². The first-order valence-corrected chi connectivity index (χ1v) is 4.92. The summed E-state index contributed by atoms with van der Waals surface area (Å²) in [5.74, 6) is -2.45. The van der Waals surface area contributed by atoms with E-state index in [9.17, 15) is 9.59 Å². The standard InChI is InChI=1S/C7H14N2O3S2/c1-4(10)6(7(11)12)2-5(9-14)3-8-13/h5-6,8-9,13-14H,2-3H2,1H3,(H,11,12). The van der Waals surface area contributed by atoms with Crippen LogP contribution in [0, 0.1) is 5.92 Å². The van der Waals surface area contributed by atoms with Gasteiger partial charge in [-0.2, -0.15) is 0 Å². The summed E-state index contributed by atoms with van der Waals surface area (Å²) >= 11 is 7.62. The minimum atomic E-state index is -1.11. The van der Waals surface area contributed by atoms with Crippen molar-refractivity contribution >= 4 is 37.4 Å². The number of aliphatic carboxylic acids is 1. The molecule has 5 nitrogen and oxygen atoms in total. The SMILES string of the molecule is CC(=O)C(CC(CNS)NS)C(=O)O. The molecule has 0 saturated carbocycles. The van der Waals surface area contributed by atoms with Crippen molar-refractivity contribution in [1.82, 2.24) is 9.44 Å². The molecule has 0 aliphatic rings. The van der Waals surface area contributed by atoms with E-state index in [0.29, 0.717) is 6.54 Å². The lowest BCUT2D eigenvalue weighted by molar-refractivity contribution is -0.146. The van der Waals surface area contributed by atoms with E-state index in [1.165, 1.54) is 6.92 Å². The van der Waals surface area contributed by atoms with Crippen LogP contribution in [0.4, 0.5) is 0 Å². The number of carboxylic acid groups (broad SMARTS) is 1. The molecule has 0 fully saturated rings. The molecular weight excluding hydrogens is 224 g/mol. The predicted molar refractivity (Wildman–Crippen MR) is 59.3 cm³/mol. The van der Waals surface area contributed by atoms with E-state index in [-0.39, 0.29) is 18.2 Å². The van der Waals surface area contributed by atoms with Crippen LogP contribution >= 0.6 is 25.6 Å². The second-order valence-electron chi connectivity index (χ2n) is 2.93. The first-order valence-electron chi connectivity index (χ1n) is 4.02. The van der Waals surface area contributed by atoms with E-state index in [1.807, 2.05) is 0 Å². The molecule has 82 valence electrons. The third-order valence-corrected chi connectivity index (χ3v) is 2.38. The topological polar surface area (TPSA) is 78.4 Å². The molecule has 0 aromatic carbocycles. The highest BCUT2D eigenvalue weighted by Crippen LogP contribution is 2.09. The summed E-state index contributed by atoms with van der Waals surface area (Å²) in [7, 11) is 0. The third kappa shape index (κ3) is 4.85. The molecule has 0 heterocycles. The molecule has 0 rings (SSSR count). The maximum absolute atomic E-state index is 11.0. The summed E-state index contributed by atoms with van der Waals surface area (Å²) in [6.07, 6.45) is 0.196. The molecule has 0 spiro atoms. The van der Waals surface area contributed by atoms with Crippen molar-refractivity contribution in [2.75, 3.05) is 6.54 Å². The van der Waals surface area contributed by atoms with Crippen LogP contribution in [0.15, 0.2) is 0 Å². The van der Waals surface area contributed by atoms with E-state index < -0.39 is 11.9 Å². The van der Waals surface area contributed by atoms with Crippen LogP contribution in [0.1, 0.15) is 13.3 Å². The van der Waals surface area contributed by atoms with Crippen molar-refractivity contribution in [3.05, 3.63) is 0 Å².